The van der Waals surface area contributed by atoms with Crippen LogP contribution in [0.5, 0.6) is 0 Å². The number of carbonyl (C=O) groups is 3. The summed E-state index contributed by atoms with van der Waals surface area (Å²) in [5.74, 6) is -1.85. The summed E-state index contributed by atoms with van der Waals surface area (Å²) in [6, 6.07) is 0. The lowest BCUT2D eigenvalue weighted by molar-refractivity contribution is -0.189. The maximum atomic E-state index is 11.1. The van der Waals surface area contributed by atoms with Gasteiger partial charge in [-0.05, 0) is 13.8 Å². The molecule has 19 heavy (non-hydrogen) atoms. The lowest BCUT2D eigenvalue weighted by Crippen LogP contribution is -2.48. The second-order valence-electron chi connectivity index (χ2n) is 4.20. The van der Waals surface area contributed by atoms with Crippen molar-refractivity contribution in [3.8, 4) is 0 Å². The lowest BCUT2D eigenvalue weighted by atomic mass is 10.0. The Morgan fingerprint density at radius 1 is 0.789 bits per heavy atom. The SMILES string of the molecule is CC(=O)OC(C)C(OC(C)=O)C(OC(C)=O)C(C)O. The third-order valence-corrected chi connectivity index (χ3v) is 2.22. The molecular formula is C12H20O7. The molecule has 1 N–H and O–H groups in total. The van der Waals surface area contributed by atoms with E-state index in [1.54, 1.807) is 0 Å². The third kappa shape index (κ3) is 6.76. The number of rotatable bonds is 6. The average Bonchev–Trinajstić information content (AvgIpc) is 2.20. The minimum Gasteiger partial charge on any atom is -0.459 e. The number of carbonyl (C=O) groups excluding carboxylic acids is 3. The van der Waals surface area contributed by atoms with Gasteiger partial charge in [0.05, 0.1) is 6.10 Å². The Morgan fingerprint density at radius 3 is 1.47 bits per heavy atom. The highest BCUT2D eigenvalue weighted by Gasteiger charge is 2.37. The maximum absolute atomic E-state index is 11.1. The summed E-state index contributed by atoms with van der Waals surface area (Å²) in [5, 5.41) is 9.62. The minimum absolute atomic E-state index is 0.572. The van der Waals surface area contributed by atoms with Crippen molar-refractivity contribution in [2.45, 2.75) is 59.0 Å². The van der Waals surface area contributed by atoms with Crippen LogP contribution in [-0.2, 0) is 28.6 Å². The van der Waals surface area contributed by atoms with Crippen molar-refractivity contribution in [3.63, 3.8) is 0 Å². The Kier molecular flexibility index (Phi) is 7.06. The van der Waals surface area contributed by atoms with Crippen LogP contribution in [0, 0.1) is 0 Å². The molecule has 4 unspecified atom stereocenters. The van der Waals surface area contributed by atoms with Crippen LogP contribution in [0.15, 0.2) is 0 Å². The van der Waals surface area contributed by atoms with Gasteiger partial charge in [0.2, 0.25) is 0 Å². The number of aliphatic hydroxyl groups excluding tert-OH is 1. The van der Waals surface area contributed by atoms with Crippen molar-refractivity contribution < 1.29 is 33.7 Å². The van der Waals surface area contributed by atoms with Gasteiger partial charge >= 0.3 is 17.9 Å². The highest BCUT2D eigenvalue weighted by Crippen LogP contribution is 2.16. The van der Waals surface area contributed by atoms with Crippen LogP contribution < -0.4 is 0 Å². The van der Waals surface area contributed by atoms with E-state index in [0.29, 0.717) is 0 Å². The van der Waals surface area contributed by atoms with Gasteiger partial charge in [-0.2, -0.15) is 0 Å². The molecule has 0 amide bonds. The van der Waals surface area contributed by atoms with Crippen molar-refractivity contribution in [1.82, 2.24) is 0 Å². The molecule has 0 bridgehead atoms. The topological polar surface area (TPSA) is 99.1 Å². The molecule has 0 aromatic rings. The zero-order valence-corrected chi connectivity index (χ0v) is 11.7. The normalized spacial score (nSPS) is 16.7. The summed E-state index contributed by atoms with van der Waals surface area (Å²) < 4.78 is 14.8. The molecule has 0 aliphatic rings. The van der Waals surface area contributed by atoms with Crippen LogP contribution in [0.25, 0.3) is 0 Å². The average molecular weight is 276 g/mol. The molecule has 0 saturated carbocycles. The highest BCUT2D eigenvalue weighted by molar-refractivity contribution is 5.68. The molecule has 0 aromatic heterocycles. The van der Waals surface area contributed by atoms with Crippen molar-refractivity contribution in [1.29, 1.82) is 0 Å². The van der Waals surface area contributed by atoms with E-state index in [1.807, 2.05) is 0 Å². The minimum atomic E-state index is -1.12. The van der Waals surface area contributed by atoms with Crippen LogP contribution in [-0.4, -0.2) is 47.4 Å². The van der Waals surface area contributed by atoms with Gasteiger partial charge in [-0.15, -0.1) is 0 Å². The third-order valence-electron chi connectivity index (χ3n) is 2.22. The van der Waals surface area contributed by atoms with Gasteiger partial charge in [-0.25, -0.2) is 0 Å². The standard InChI is InChI=1S/C12H20O7/c1-6(13)11(18-9(4)15)12(19-10(5)16)7(2)17-8(3)14/h6-7,11-13H,1-5H3. The summed E-state index contributed by atoms with van der Waals surface area (Å²) in [4.78, 5) is 33.0. The Hall–Kier alpha value is -1.63. The molecular weight excluding hydrogens is 256 g/mol. The molecule has 0 spiro atoms. The molecule has 110 valence electrons. The van der Waals surface area contributed by atoms with Crippen molar-refractivity contribution in [3.05, 3.63) is 0 Å². The Morgan fingerprint density at radius 2 is 1.16 bits per heavy atom. The van der Waals surface area contributed by atoms with Gasteiger partial charge in [0.1, 0.15) is 6.10 Å². The van der Waals surface area contributed by atoms with E-state index in [1.165, 1.54) is 27.7 Å². The second kappa shape index (κ2) is 7.73. The van der Waals surface area contributed by atoms with Gasteiger partial charge in [-0.3, -0.25) is 14.4 Å². The Balaban J connectivity index is 5.09. The first-order valence-corrected chi connectivity index (χ1v) is 5.84. The van der Waals surface area contributed by atoms with Gasteiger partial charge in [-0.1, -0.05) is 0 Å². The van der Waals surface area contributed by atoms with Crippen LogP contribution in [0.1, 0.15) is 34.6 Å². The van der Waals surface area contributed by atoms with Crippen LogP contribution >= 0.6 is 0 Å². The van der Waals surface area contributed by atoms with Crippen molar-refractivity contribution >= 4 is 17.9 Å². The van der Waals surface area contributed by atoms with E-state index in [-0.39, 0.29) is 0 Å². The fourth-order valence-electron chi connectivity index (χ4n) is 1.58. The van der Waals surface area contributed by atoms with Crippen molar-refractivity contribution in [2.75, 3.05) is 0 Å². The number of hydrogen-bond donors (Lipinski definition) is 1. The molecule has 7 heteroatoms. The van der Waals surface area contributed by atoms with E-state index >= 15 is 0 Å². The summed E-state index contributed by atoms with van der Waals surface area (Å²) >= 11 is 0. The van der Waals surface area contributed by atoms with Gasteiger partial charge < -0.3 is 19.3 Å². The first-order valence-electron chi connectivity index (χ1n) is 5.84. The number of aliphatic hydroxyl groups is 1. The first-order chi connectivity index (χ1) is 8.65. The largest absolute Gasteiger partial charge is 0.459 e. The predicted molar refractivity (Wildman–Crippen MR) is 64.0 cm³/mol. The second-order valence-corrected chi connectivity index (χ2v) is 4.20. The Bertz CT molecular complexity index is 337. The molecule has 7 nitrogen and oxygen atoms in total. The van der Waals surface area contributed by atoms with Crippen LogP contribution in [0.4, 0.5) is 0 Å². The molecule has 0 rings (SSSR count). The van der Waals surface area contributed by atoms with Gasteiger partial charge in [0, 0.05) is 20.8 Å². The fourth-order valence-corrected chi connectivity index (χ4v) is 1.58. The number of ether oxygens (including phenoxy) is 3. The zero-order chi connectivity index (χ0) is 15.2. The smallest absolute Gasteiger partial charge is 0.303 e. The van der Waals surface area contributed by atoms with Gasteiger partial charge in [0.25, 0.3) is 0 Å². The number of esters is 3. The molecule has 0 saturated heterocycles. The van der Waals surface area contributed by atoms with E-state index in [9.17, 15) is 19.5 Å². The number of hydrogen-bond acceptors (Lipinski definition) is 7. The summed E-state index contributed by atoms with van der Waals surface area (Å²) in [7, 11) is 0. The molecule has 4 atom stereocenters. The maximum Gasteiger partial charge on any atom is 0.303 e. The molecule has 0 heterocycles. The summed E-state index contributed by atoms with van der Waals surface area (Å²) in [6.07, 6.45) is -4.15. The quantitative estimate of drug-likeness (QED) is 0.545. The van der Waals surface area contributed by atoms with Crippen LogP contribution in [0.3, 0.4) is 0 Å². The molecule has 0 radical (unpaired) electrons. The fraction of sp³-hybridized carbons (Fsp3) is 0.750. The molecule has 0 aliphatic carbocycles. The lowest BCUT2D eigenvalue weighted by Gasteiger charge is -2.31. The highest BCUT2D eigenvalue weighted by atomic mass is 16.6. The Labute approximate surface area is 111 Å². The van der Waals surface area contributed by atoms with Crippen molar-refractivity contribution in [2.24, 2.45) is 0 Å². The monoisotopic (exact) mass is 276 g/mol. The van der Waals surface area contributed by atoms with E-state index in [0.717, 1.165) is 6.92 Å². The molecule has 0 aliphatic heterocycles. The zero-order valence-electron chi connectivity index (χ0n) is 11.7. The van der Waals surface area contributed by atoms with Crippen LogP contribution in [0.2, 0.25) is 0 Å². The van der Waals surface area contributed by atoms with E-state index in [2.05, 4.69) is 0 Å². The molecule has 0 fully saturated rings. The first kappa shape index (κ1) is 17.4. The van der Waals surface area contributed by atoms with E-state index < -0.39 is 42.3 Å². The predicted octanol–water partition coefficient (Wildman–Crippen LogP) is 0.182. The summed E-state index contributed by atoms with van der Waals surface area (Å²) in [6.45, 7) is 6.39. The molecule has 0 aromatic carbocycles. The summed E-state index contributed by atoms with van der Waals surface area (Å²) in [5.41, 5.74) is 0. The van der Waals surface area contributed by atoms with Gasteiger partial charge in [0.15, 0.2) is 12.2 Å². The van der Waals surface area contributed by atoms with E-state index in [4.69, 9.17) is 14.2 Å².